The Morgan fingerprint density at radius 3 is 0.900 bits per heavy atom. The third kappa shape index (κ3) is 9.60. The minimum atomic E-state index is -0.797. The van der Waals surface area contributed by atoms with E-state index >= 15 is 0 Å². The Labute approximate surface area is 536 Å². The highest BCUT2D eigenvalue weighted by Crippen LogP contribution is 2.63. The molecule has 446 valence electrons. The van der Waals surface area contributed by atoms with Gasteiger partial charge in [-0.3, -0.25) is 0 Å². The molecule has 90 heavy (non-hydrogen) atoms. The van der Waals surface area contributed by atoms with Gasteiger partial charge in [-0.2, -0.15) is 0 Å². The van der Waals surface area contributed by atoms with Crippen LogP contribution < -0.4 is 9.80 Å². The summed E-state index contributed by atoms with van der Waals surface area (Å²) < 4.78 is 0. The highest BCUT2D eigenvalue weighted by Gasteiger charge is 2.50. The number of para-hydroxylation sites is 3. The third-order valence-electron chi connectivity index (χ3n) is 19.9. The first-order valence-corrected chi connectivity index (χ1v) is 32.6. The lowest BCUT2D eigenvalue weighted by Crippen LogP contribution is -2.37. The molecule has 0 N–H and O–H groups in total. The van der Waals surface area contributed by atoms with Crippen molar-refractivity contribution in [1.29, 1.82) is 0 Å². The van der Waals surface area contributed by atoms with E-state index in [0.717, 1.165) is 41.3 Å². The largest absolute Gasteiger partial charge is 0.311 e. The molecule has 2 heteroatoms. The molecule has 3 aliphatic carbocycles. The molecule has 0 saturated heterocycles. The van der Waals surface area contributed by atoms with Gasteiger partial charge in [0.25, 0.3) is 0 Å². The molecule has 3 aliphatic rings. The fourth-order valence-electron chi connectivity index (χ4n) is 15.1. The third-order valence-corrected chi connectivity index (χ3v) is 19.9. The summed E-state index contributed by atoms with van der Waals surface area (Å²) in [6, 6.07) is 96.6. The lowest BCUT2D eigenvalue weighted by atomic mass is 9.55. The molecule has 0 atom stereocenters. The van der Waals surface area contributed by atoms with Gasteiger partial charge in [-0.25, -0.2) is 0 Å². The van der Waals surface area contributed by atoms with Gasteiger partial charge >= 0.3 is 0 Å². The molecule has 0 spiro atoms. The van der Waals surface area contributed by atoms with Crippen molar-refractivity contribution in [3.8, 4) is 22.3 Å². The highest BCUT2D eigenvalue weighted by atomic mass is 15.2. The Hall–Kier alpha value is -9.24. The van der Waals surface area contributed by atoms with Gasteiger partial charge in [0, 0.05) is 34.1 Å². The second-order valence-corrected chi connectivity index (χ2v) is 29.6. The first-order chi connectivity index (χ1) is 43.2. The molecule has 0 heterocycles. The molecular weight excluding hydrogens is 1080 g/mol. The summed E-state index contributed by atoms with van der Waals surface area (Å²) >= 11 is 0. The first-order valence-electron chi connectivity index (χ1n) is 32.6. The number of hydrogen-bond donors (Lipinski definition) is 0. The molecule has 0 unspecified atom stereocenters. The monoisotopic (exact) mass is 1170 g/mol. The van der Waals surface area contributed by atoms with Crippen LogP contribution in [0, 0.1) is 0 Å². The predicted octanol–water partition coefficient (Wildman–Crippen LogP) is 23.6. The number of allylic oxidation sites excluding steroid dienone is 3. The van der Waals surface area contributed by atoms with E-state index in [1.165, 1.54) is 105 Å². The van der Waals surface area contributed by atoms with Crippen molar-refractivity contribution >= 4 is 39.2 Å². The zero-order valence-corrected chi connectivity index (χ0v) is 54.7. The maximum Gasteiger partial charge on any atom is 0.0714 e. The lowest BCUT2D eigenvalue weighted by molar-refractivity contribution is 0.587. The smallest absolute Gasteiger partial charge is 0.0714 e. The minimum absolute atomic E-state index is 0.0471. The van der Waals surface area contributed by atoms with Crippen molar-refractivity contribution in [2.75, 3.05) is 9.80 Å². The fraction of sp³-hybridized carbons (Fsp3) is 0.227. The zero-order valence-electron chi connectivity index (χ0n) is 54.7. The quantitative estimate of drug-likeness (QED) is 0.135. The Morgan fingerprint density at radius 2 is 0.589 bits per heavy atom. The average molecular weight is 1170 g/mol. The molecule has 0 aliphatic heterocycles. The molecule has 0 aromatic heterocycles. The minimum Gasteiger partial charge on any atom is -0.311 e. The zero-order chi connectivity index (χ0) is 62.5. The summed E-state index contributed by atoms with van der Waals surface area (Å²) in [5.74, 6) is 0. The predicted molar refractivity (Wildman–Crippen MR) is 383 cm³/mol. The SMILES string of the molecule is CC(C)(C)c1ccc(C2(c3ccc(C(C)(C)C)cc3)c3cc(N(C4=CCCC=C4)c4ccccc4)ccc3-c3ccc4c5c(ccc2c35)C(c2ccc(C(C)(C)C)cc2)(c2ccc(C(C)(C)C)cc2)c2cc(N(c3ccccc3)c3ccccc3)ccc2-4)cc1. The second kappa shape index (κ2) is 21.8. The van der Waals surface area contributed by atoms with Crippen LogP contribution in [0.3, 0.4) is 0 Å². The summed E-state index contributed by atoms with van der Waals surface area (Å²) in [4.78, 5) is 4.91. The summed E-state index contributed by atoms with van der Waals surface area (Å²) in [7, 11) is 0. The van der Waals surface area contributed by atoms with Gasteiger partial charge in [-0.05, 0) is 201 Å². The first kappa shape index (κ1) is 58.4. The summed E-state index contributed by atoms with van der Waals surface area (Å²) in [5.41, 5.74) is 25.3. The molecule has 0 saturated carbocycles. The Balaban J connectivity index is 1.15. The van der Waals surface area contributed by atoms with Gasteiger partial charge in [0.15, 0.2) is 0 Å². The normalized spacial score (nSPS) is 14.8. The van der Waals surface area contributed by atoms with Crippen LogP contribution in [0.1, 0.15) is 163 Å². The second-order valence-electron chi connectivity index (χ2n) is 29.6. The number of benzene rings is 11. The van der Waals surface area contributed by atoms with E-state index in [9.17, 15) is 0 Å². The molecule has 0 fully saturated rings. The number of anilines is 5. The van der Waals surface area contributed by atoms with Crippen molar-refractivity contribution in [2.45, 2.75) is 128 Å². The van der Waals surface area contributed by atoms with E-state index in [4.69, 9.17) is 0 Å². The van der Waals surface area contributed by atoms with Gasteiger partial charge in [-0.1, -0.05) is 283 Å². The van der Waals surface area contributed by atoms with Crippen molar-refractivity contribution in [3.63, 3.8) is 0 Å². The van der Waals surface area contributed by atoms with E-state index in [1.807, 2.05) is 0 Å². The van der Waals surface area contributed by atoms with Crippen molar-refractivity contribution in [1.82, 2.24) is 0 Å². The number of rotatable bonds is 10. The van der Waals surface area contributed by atoms with E-state index < -0.39 is 10.8 Å². The fourth-order valence-corrected chi connectivity index (χ4v) is 15.1. The molecule has 0 bridgehead atoms. The van der Waals surface area contributed by atoms with Gasteiger partial charge in [0.2, 0.25) is 0 Å². The van der Waals surface area contributed by atoms with Crippen LogP contribution in [0.4, 0.5) is 28.4 Å². The number of nitrogens with zero attached hydrogens (tertiary/aromatic N) is 2. The summed E-state index contributed by atoms with van der Waals surface area (Å²) in [6.07, 6.45) is 9.09. The van der Waals surface area contributed by atoms with Gasteiger partial charge in [-0.15, -0.1) is 0 Å². The van der Waals surface area contributed by atoms with Crippen LogP contribution in [0.15, 0.2) is 273 Å². The standard InChI is InChI=1S/C88H84N2/c1-83(2,3)59-33-41-63(42-34-59)87(64-43-35-60(36-44-64)84(4,5)6)77-55-56-78-82-76(54-53-75(81(77)82)73-51-49-71(57-79(73)87)89(67-25-17-13-18-26-67)68-27-19-14-20-28-68)74-52-50-72(90(69-29-21-15-22-30-69)70-31-23-16-24-32-70)58-80(74)88(78,65-45-37-61(38-46-65)85(7,8)9)66-47-39-62(40-48-66)86(10,11)12/h13-15,17-23,25-58H,16,24H2,1-12H3. The lowest BCUT2D eigenvalue weighted by Gasteiger charge is -2.47. The van der Waals surface area contributed by atoms with Crippen LogP contribution >= 0.6 is 0 Å². The summed E-state index contributed by atoms with van der Waals surface area (Å²) in [6.45, 7) is 28.0. The average Bonchev–Trinajstić information content (AvgIpc) is 0.669. The molecule has 11 aromatic rings. The summed E-state index contributed by atoms with van der Waals surface area (Å²) in [5, 5.41) is 2.60. The Kier molecular flexibility index (Phi) is 14.1. The van der Waals surface area contributed by atoms with Crippen molar-refractivity contribution in [2.24, 2.45) is 0 Å². The number of fused-ring (bicyclic) bond motifs is 4. The Morgan fingerprint density at radius 1 is 0.278 bits per heavy atom. The molecule has 14 rings (SSSR count). The topological polar surface area (TPSA) is 6.48 Å². The van der Waals surface area contributed by atoms with Crippen LogP contribution in [-0.4, -0.2) is 0 Å². The molecule has 2 nitrogen and oxygen atoms in total. The maximum absolute atomic E-state index is 2.58. The van der Waals surface area contributed by atoms with Crippen molar-refractivity contribution < 1.29 is 0 Å². The molecule has 0 amide bonds. The van der Waals surface area contributed by atoms with Crippen LogP contribution in [0.2, 0.25) is 0 Å². The molecular formula is C88H84N2. The van der Waals surface area contributed by atoms with E-state index in [-0.39, 0.29) is 21.7 Å². The van der Waals surface area contributed by atoms with Crippen LogP contribution in [0.5, 0.6) is 0 Å². The van der Waals surface area contributed by atoms with Gasteiger partial charge < -0.3 is 9.80 Å². The van der Waals surface area contributed by atoms with Crippen molar-refractivity contribution in [3.05, 3.63) is 339 Å². The Bertz CT molecular complexity index is 4400. The molecule has 0 radical (unpaired) electrons. The highest BCUT2D eigenvalue weighted by molar-refractivity contribution is 6.15. The van der Waals surface area contributed by atoms with Crippen LogP contribution in [-0.2, 0) is 32.5 Å². The van der Waals surface area contributed by atoms with Crippen LogP contribution in [0.25, 0.3) is 33.0 Å². The van der Waals surface area contributed by atoms with Gasteiger partial charge in [0.1, 0.15) is 0 Å². The van der Waals surface area contributed by atoms with Gasteiger partial charge in [0.05, 0.1) is 10.8 Å². The molecule has 11 aromatic carbocycles. The number of hydrogen-bond acceptors (Lipinski definition) is 2. The maximum atomic E-state index is 2.58. The van der Waals surface area contributed by atoms with E-state index in [1.54, 1.807) is 0 Å². The van der Waals surface area contributed by atoms with E-state index in [0.29, 0.717) is 0 Å². The van der Waals surface area contributed by atoms with E-state index in [2.05, 4.69) is 360 Å².